The van der Waals surface area contributed by atoms with Gasteiger partial charge in [-0.25, -0.2) is 14.6 Å². The quantitative estimate of drug-likeness (QED) is 0.837. The van der Waals surface area contributed by atoms with E-state index in [9.17, 15) is 9.59 Å². The summed E-state index contributed by atoms with van der Waals surface area (Å²) in [5.74, 6) is -0.266. The highest BCUT2D eigenvalue weighted by Gasteiger charge is 2.22. The molecule has 0 spiro atoms. The minimum atomic E-state index is -0.549. The van der Waals surface area contributed by atoms with Crippen molar-refractivity contribution in [2.45, 2.75) is 59.6 Å². The maximum absolute atomic E-state index is 11.9. The number of nitrogens with zero attached hydrogens (tertiary/aromatic N) is 1. The van der Waals surface area contributed by atoms with Crippen LogP contribution in [0, 0.1) is 0 Å². The Morgan fingerprint density at radius 2 is 1.95 bits per heavy atom. The lowest BCUT2D eigenvalue weighted by Crippen LogP contribution is -2.32. The molecule has 1 amide bonds. The van der Waals surface area contributed by atoms with Crippen molar-refractivity contribution in [1.82, 2.24) is 10.3 Å². The number of nitrogens with one attached hydrogen (secondary N) is 1. The summed E-state index contributed by atoms with van der Waals surface area (Å²) in [5, 5.41) is 3.29. The molecule has 22 heavy (non-hydrogen) atoms. The van der Waals surface area contributed by atoms with Crippen LogP contribution >= 0.6 is 11.3 Å². The molecule has 1 aromatic heterocycles. The first-order valence-electron chi connectivity index (χ1n) is 7.27. The standard InChI is InChI=1S/C15H24N2O4S/c1-7-20-13(18)11-12(9(2)3)22-10(17-11)8-16-14(19)21-15(4,5)6/h9H,7-8H2,1-6H3,(H,16,19). The fraction of sp³-hybridized carbons (Fsp3) is 0.667. The molecule has 1 aromatic rings. The minimum absolute atomic E-state index is 0.159. The first-order chi connectivity index (χ1) is 10.1. The molecule has 0 unspecified atom stereocenters. The van der Waals surface area contributed by atoms with Crippen LogP contribution in [0.15, 0.2) is 0 Å². The molecule has 0 radical (unpaired) electrons. The lowest BCUT2D eigenvalue weighted by molar-refractivity contribution is 0.0514. The van der Waals surface area contributed by atoms with Gasteiger partial charge in [0, 0.05) is 4.88 Å². The summed E-state index contributed by atoms with van der Waals surface area (Å²) in [4.78, 5) is 28.7. The lowest BCUT2D eigenvalue weighted by Gasteiger charge is -2.19. The topological polar surface area (TPSA) is 77.5 Å². The smallest absolute Gasteiger partial charge is 0.408 e. The van der Waals surface area contributed by atoms with Crippen molar-refractivity contribution in [3.63, 3.8) is 0 Å². The van der Waals surface area contributed by atoms with Crippen LogP contribution in [0.3, 0.4) is 0 Å². The van der Waals surface area contributed by atoms with Gasteiger partial charge in [-0.15, -0.1) is 11.3 Å². The van der Waals surface area contributed by atoms with Gasteiger partial charge in [-0.05, 0) is 33.6 Å². The predicted octanol–water partition coefficient (Wildman–Crippen LogP) is 3.47. The number of hydrogen-bond acceptors (Lipinski definition) is 6. The van der Waals surface area contributed by atoms with E-state index < -0.39 is 17.7 Å². The highest BCUT2D eigenvalue weighted by Crippen LogP contribution is 2.27. The van der Waals surface area contributed by atoms with Crippen LogP contribution in [0.25, 0.3) is 0 Å². The van der Waals surface area contributed by atoms with E-state index in [0.29, 0.717) is 17.3 Å². The summed E-state index contributed by atoms with van der Waals surface area (Å²) >= 11 is 1.40. The average Bonchev–Trinajstić information content (AvgIpc) is 2.79. The fourth-order valence-corrected chi connectivity index (χ4v) is 2.65. The molecule has 0 saturated heterocycles. The van der Waals surface area contributed by atoms with Gasteiger partial charge in [-0.1, -0.05) is 13.8 Å². The molecule has 0 aromatic carbocycles. The third-order valence-corrected chi connectivity index (χ3v) is 3.83. The molecule has 7 heteroatoms. The van der Waals surface area contributed by atoms with Gasteiger partial charge in [0.05, 0.1) is 13.2 Å². The van der Waals surface area contributed by atoms with E-state index >= 15 is 0 Å². The number of aromatic nitrogens is 1. The molecule has 1 rings (SSSR count). The van der Waals surface area contributed by atoms with Crippen LogP contribution in [-0.4, -0.2) is 29.3 Å². The second kappa shape index (κ2) is 7.58. The van der Waals surface area contributed by atoms with Gasteiger partial charge >= 0.3 is 12.1 Å². The van der Waals surface area contributed by atoms with E-state index in [1.54, 1.807) is 27.7 Å². The lowest BCUT2D eigenvalue weighted by atomic mass is 10.1. The summed E-state index contributed by atoms with van der Waals surface area (Å²) in [6.45, 7) is 11.6. The average molecular weight is 328 g/mol. The Bertz CT molecular complexity index is 532. The van der Waals surface area contributed by atoms with Gasteiger partial charge in [-0.2, -0.15) is 0 Å². The predicted molar refractivity (Wildman–Crippen MR) is 85.2 cm³/mol. The normalized spacial score (nSPS) is 11.4. The van der Waals surface area contributed by atoms with Gasteiger partial charge in [0.15, 0.2) is 5.69 Å². The van der Waals surface area contributed by atoms with Crippen molar-refractivity contribution < 1.29 is 19.1 Å². The maximum Gasteiger partial charge on any atom is 0.408 e. The highest BCUT2D eigenvalue weighted by atomic mass is 32.1. The number of ether oxygens (including phenoxy) is 2. The number of esters is 1. The molecule has 0 saturated carbocycles. The summed E-state index contributed by atoms with van der Waals surface area (Å²) in [5.41, 5.74) is -0.213. The van der Waals surface area contributed by atoms with Gasteiger partial charge in [-0.3, -0.25) is 0 Å². The zero-order valence-electron chi connectivity index (χ0n) is 14.0. The third-order valence-electron chi connectivity index (χ3n) is 2.47. The Hall–Kier alpha value is -1.63. The Labute approximate surface area is 135 Å². The Kier molecular flexibility index (Phi) is 6.34. The number of amides is 1. The van der Waals surface area contributed by atoms with Crippen LogP contribution in [-0.2, 0) is 16.0 Å². The number of carbonyl (C=O) groups is 2. The first kappa shape index (κ1) is 18.4. The number of alkyl carbamates (subject to hydrolysis) is 1. The summed E-state index contributed by atoms with van der Waals surface area (Å²) < 4.78 is 10.2. The molecule has 0 bridgehead atoms. The molecule has 0 fully saturated rings. The maximum atomic E-state index is 11.9. The summed E-state index contributed by atoms with van der Waals surface area (Å²) in [6.07, 6.45) is -0.508. The molecule has 0 aliphatic carbocycles. The van der Waals surface area contributed by atoms with E-state index in [1.165, 1.54) is 11.3 Å². The number of rotatable bonds is 5. The highest BCUT2D eigenvalue weighted by molar-refractivity contribution is 7.12. The molecule has 0 aliphatic rings. The SMILES string of the molecule is CCOC(=O)c1nc(CNC(=O)OC(C)(C)C)sc1C(C)C. The van der Waals surface area contributed by atoms with Crippen LogP contribution in [0.4, 0.5) is 4.79 Å². The zero-order valence-corrected chi connectivity index (χ0v) is 14.8. The van der Waals surface area contributed by atoms with Crippen molar-refractivity contribution in [2.75, 3.05) is 6.61 Å². The van der Waals surface area contributed by atoms with Gasteiger partial charge in [0.1, 0.15) is 10.6 Å². The molecule has 0 aliphatic heterocycles. The summed E-state index contributed by atoms with van der Waals surface area (Å²) in [7, 11) is 0. The van der Waals surface area contributed by atoms with Crippen LogP contribution in [0.5, 0.6) is 0 Å². The third kappa shape index (κ3) is 5.63. The molecular weight excluding hydrogens is 304 g/mol. The Balaban J connectivity index is 2.78. The van der Waals surface area contributed by atoms with Crippen LogP contribution < -0.4 is 5.32 Å². The molecule has 0 atom stereocenters. The molecule has 124 valence electrons. The van der Waals surface area contributed by atoms with Crippen LogP contribution in [0.1, 0.15) is 67.8 Å². The monoisotopic (exact) mass is 328 g/mol. The second-order valence-electron chi connectivity index (χ2n) is 6.05. The van der Waals surface area contributed by atoms with E-state index in [2.05, 4.69) is 10.3 Å². The van der Waals surface area contributed by atoms with Crippen molar-refractivity contribution in [3.05, 3.63) is 15.6 Å². The Morgan fingerprint density at radius 1 is 1.32 bits per heavy atom. The molecule has 1 N–H and O–H groups in total. The number of thiazole rings is 1. The fourth-order valence-electron chi connectivity index (χ4n) is 1.65. The van der Waals surface area contributed by atoms with Crippen molar-refractivity contribution >= 4 is 23.4 Å². The largest absolute Gasteiger partial charge is 0.461 e. The number of carbonyl (C=O) groups excluding carboxylic acids is 2. The van der Waals surface area contributed by atoms with Crippen LogP contribution in [0.2, 0.25) is 0 Å². The van der Waals surface area contributed by atoms with E-state index in [1.807, 2.05) is 13.8 Å². The Morgan fingerprint density at radius 3 is 2.45 bits per heavy atom. The summed E-state index contributed by atoms with van der Waals surface area (Å²) in [6, 6.07) is 0. The van der Waals surface area contributed by atoms with E-state index in [0.717, 1.165) is 4.88 Å². The first-order valence-corrected chi connectivity index (χ1v) is 8.09. The van der Waals surface area contributed by atoms with Crippen molar-refractivity contribution in [1.29, 1.82) is 0 Å². The molecule has 1 heterocycles. The van der Waals surface area contributed by atoms with Crippen molar-refractivity contribution in [2.24, 2.45) is 0 Å². The number of hydrogen-bond donors (Lipinski definition) is 1. The van der Waals surface area contributed by atoms with Gasteiger partial charge in [0.25, 0.3) is 0 Å². The minimum Gasteiger partial charge on any atom is -0.461 e. The van der Waals surface area contributed by atoms with Gasteiger partial charge < -0.3 is 14.8 Å². The van der Waals surface area contributed by atoms with E-state index in [-0.39, 0.29) is 12.5 Å². The molecular formula is C15H24N2O4S. The van der Waals surface area contributed by atoms with Gasteiger partial charge in [0.2, 0.25) is 0 Å². The zero-order chi connectivity index (χ0) is 16.9. The van der Waals surface area contributed by atoms with Crippen molar-refractivity contribution in [3.8, 4) is 0 Å². The van der Waals surface area contributed by atoms with E-state index in [4.69, 9.17) is 9.47 Å². The second-order valence-corrected chi connectivity index (χ2v) is 7.17. The molecule has 6 nitrogen and oxygen atoms in total.